The Labute approximate surface area is 162 Å². The normalized spacial score (nSPS) is 15.8. The molecule has 0 unspecified atom stereocenters. The molecule has 1 aromatic carbocycles. The van der Waals surface area contributed by atoms with E-state index in [1.807, 2.05) is 6.92 Å². The predicted octanol–water partition coefficient (Wildman–Crippen LogP) is 2.00. The van der Waals surface area contributed by atoms with Crippen LogP contribution in [0.2, 0.25) is 0 Å². The van der Waals surface area contributed by atoms with Gasteiger partial charge in [0.15, 0.2) is 5.96 Å². The number of benzene rings is 1. The van der Waals surface area contributed by atoms with Crippen LogP contribution in [0.15, 0.2) is 34.2 Å². The third-order valence-electron chi connectivity index (χ3n) is 3.96. The van der Waals surface area contributed by atoms with Crippen LogP contribution in [0.5, 0.6) is 0 Å². The van der Waals surface area contributed by atoms with Gasteiger partial charge in [0, 0.05) is 26.2 Å². The summed E-state index contributed by atoms with van der Waals surface area (Å²) in [7, 11) is -1.73. The fourth-order valence-corrected chi connectivity index (χ4v) is 3.66. The molecule has 2 rings (SSSR count). The monoisotopic (exact) mass is 466 g/mol. The summed E-state index contributed by atoms with van der Waals surface area (Å²) >= 11 is 0. The predicted molar refractivity (Wildman–Crippen MR) is 109 cm³/mol. The molecule has 1 fully saturated rings. The molecule has 0 spiro atoms. The van der Waals surface area contributed by atoms with E-state index in [1.54, 1.807) is 31.3 Å². The third-order valence-corrected chi connectivity index (χ3v) is 5.44. The lowest BCUT2D eigenvalue weighted by atomic mass is 10.2. The van der Waals surface area contributed by atoms with E-state index in [9.17, 15) is 8.42 Å². The van der Waals surface area contributed by atoms with Crippen LogP contribution in [-0.4, -0.2) is 40.6 Å². The molecule has 24 heavy (non-hydrogen) atoms. The Kier molecular flexibility index (Phi) is 8.99. The first kappa shape index (κ1) is 21.2. The average molecular weight is 466 g/mol. The first-order valence-corrected chi connectivity index (χ1v) is 9.53. The van der Waals surface area contributed by atoms with Gasteiger partial charge < -0.3 is 10.6 Å². The number of nitrogens with one attached hydrogen (secondary N) is 3. The van der Waals surface area contributed by atoms with Gasteiger partial charge in [0.25, 0.3) is 0 Å². The zero-order chi connectivity index (χ0) is 16.7. The fourth-order valence-electron chi connectivity index (χ4n) is 2.63. The number of sulfonamides is 1. The SMILES string of the molecule is CN=C(NCCNS(=O)(=O)c1ccc(C)cc1)NC1CCCC1.I. The van der Waals surface area contributed by atoms with Gasteiger partial charge in [0.05, 0.1) is 4.90 Å². The number of hydrogen-bond donors (Lipinski definition) is 3. The number of guanidine groups is 1. The van der Waals surface area contributed by atoms with Crippen molar-refractivity contribution in [3.63, 3.8) is 0 Å². The molecule has 1 saturated carbocycles. The number of hydrogen-bond acceptors (Lipinski definition) is 3. The summed E-state index contributed by atoms with van der Waals surface area (Å²) in [4.78, 5) is 4.46. The molecule has 0 saturated heterocycles. The first-order valence-electron chi connectivity index (χ1n) is 8.05. The molecule has 3 N–H and O–H groups in total. The summed E-state index contributed by atoms with van der Waals surface area (Å²) in [6.45, 7) is 2.72. The molecule has 0 atom stereocenters. The minimum absolute atomic E-state index is 0. The highest BCUT2D eigenvalue weighted by molar-refractivity contribution is 14.0. The van der Waals surface area contributed by atoms with Crippen LogP contribution in [0.25, 0.3) is 0 Å². The third kappa shape index (κ3) is 6.56. The van der Waals surface area contributed by atoms with E-state index >= 15 is 0 Å². The molecular weight excluding hydrogens is 439 g/mol. The maximum atomic E-state index is 12.2. The zero-order valence-electron chi connectivity index (χ0n) is 14.2. The van der Waals surface area contributed by atoms with Crippen LogP contribution in [0.3, 0.4) is 0 Å². The zero-order valence-corrected chi connectivity index (χ0v) is 17.4. The summed E-state index contributed by atoms with van der Waals surface area (Å²) in [5, 5.41) is 6.50. The van der Waals surface area contributed by atoms with Crippen LogP contribution >= 0.6 is 24.0 Å². The molecule has 0 aromatic heterocycles. The van der Waals surface area contributed by atoms with Crippen molar-refractivity contribution >= 4 is 40.0 Å². The lowest BCUT2D eigenvalue weighted by molar-refractivity contribution is 0.578. The molecule has 1 aliphatic carbocycles. The van der Waals surface area contributed by atoms with E-state index in [2.05, 4.69) is 20.3 Å². The quantitative estimate of drug-likeness (QED) is 0.259. The molecule has 0 aliphatic heterocycles. The van der Waals surface area contributed by atoms with Gasteiger partial charge in [-0.1, -0.05) is 30.5 Å². The Morgan fingerprint density at radius 3 is 2.38 bits per heavy atom. The second-order valence-corrected chi connectivity index (χ2v) is 7.60. The molecule has 1 aliphatic rings. The van der Waals surface area contributed by atoms with Gasteiger partial charge in [-0.3, -0.25) is 4.99 Å². The van der Waals surface area contributed by atoms with E-state index in [0.29, 0.717) is 19.1 Å². The second-order valence-electron chi connectivity index (χ2n) is 5.84. The van der Waals surface area contributed by atoms with Crippen molar-refractivity contribution in [2.75, 3.05) is 20.1 Å². The number of rotatable bonds is 6. The number of nitrogens with zero attached hydrogens (tertiary/aromatic N) is 1. The van der Waals surface area contributed by atoms with E-state index in [0.717, 1.165) is 11.5 Å². The maximum Gasteiger partial charge on any atom is 0.240 e. The average Bonchev–Trinajstić information content (AvgIpc) is 3.03. The lowest BCUT2D eigenvalue weighted by Gasteiger charge is -2.17. The molecule has 0 radical (unpaired) electrons. The number of aliphatic imine (C=N–C) groups is 1. The van der Waals surface area contributed by atoms with Crippen molar-refractivity contribution in [1.29, 1.82) is 0 Å². The van der Waals surface area contributed by atoms with Crippen molar-refractivity contribution in [2.45, 2.75) is 43.5 Å². The number of halogens is 1. The van der Waals surface area contributed by atoms with Crippen molar-refractivity contribution in [1.82, 2.24) is 15.4 Å². The molecule has 0 bridgehead atoms. The summed E-state index contributed by atoms with van der Waals surface area (Å²) in [6.07, 6.45) is 4.84. The Morgan fingerprint density at radius 2 is 1.79 bits per heavy atom. The minimum atomic E-state index is -3.45. The highest BCUT2D eigenvalue weighted by Gasteiger charge is 2.16. The van der Waals surface area contributed by atoms with Crippen LogP contribution in [0.4, 0.5) is 0 Å². The van der Waals surface area contributed by atoms with Gasteiger partial charge in [-0.05, 0) is 31.9 Å². The molecule has 0 amide bonds. The lowest BCUT2D eigenvalue weighted by Crippen LogP contribution is -2.44. The Morgan fingerprint density at radius 1 is 1.17 bits per heavy atom. The fraction of sp³-hybridized carbons (Fsp3) is 0.562. The Balaban J connectivity index is 0.00000288. The van der Waals surface area contributed by atoms with Gasteiger partial charge in [-0.25, -0.2) is 13.1 Å². The van der Waals surface area contributed by atoms with Gasteiger partial charge >= 0.3 is 0 Å². The molecule has 1 aromatic rings. The molecule has 136 valence electrons. The van der Waals surface area contributed by atoms with Gasteiger partial charge in [-0.15, -0.1) is 24.0 Å². The Bertz CT molecular complexity index is 626. The van der Waals surface area contributed by atoms with Crippen molar-refractivity contribution in [2.24, 2.45) is 4.99 Å². The van der Waals surface area contributed by atoms with E-state index in [1.165, 1.54) is 25.7 Å². The Hall–Kier alpha value is -0.870. The standard InChI is InChI=1S/C16H26N4O2S.HI/c1-13-7-9-15(10-8-13)23(21,22)19-12-11-18-16(17-2)20-14-5-3-4-6-14;/h7-10,14,19H,3-6,11-12H2,1-2H3,(H2,17,18,20);1H. The minimum Gasteiger partial charge on any atom is -0.355 e. The van der Waals surface area contributed by atoms with Gasteiger partial charge in [0.1, 0.15) is 0 Å². The summed E-state index contributed by atoms with van der Waals surface area (Å²) in [5.74, 6) is 0.728. The van der Waals surface area contributed by atoms with Crippen molar-refractivity contribution in [3.8, 4) is 0 Å². The van der Waals surface area contributed by atoms with Gasteiger partial charge in [-0.2, -0.15) is 0 Å². The molecule has 0 heterocycles. The molecule has 6 nitrogen and oxygen atoms in total. The van der Waals surface area contributed by atoms with Crippen LogP contribution in [0.1, 0.15) is 31.2 Å². The largest absolute Gasteiger partial charge is 0.355 e. The smallest absolute Gasteiger partial charge is 0.240 e. The molecule has 8 heteroatoms. The van der Waals surface area contributed by atoms with Crippen LogP contribution in [0, 0.1) is 6.92 Å². The van der Waals surface area contributed by atoms with Gasteiger partial charge in [0.2, 0.25) is 10.0 Å². The van der Waals surface area contributed by atoms with E-state index in [4.69, 9.17) is 0 Å². The summed E-state index contributed by atoms with van der Waals surface area (Å²) < 4.78 is 26.9. The maximum absolute atomic E-state index is 12.2. The first-order chi connectivity index (χ1) is 11.0. The van der Waals surface area contributed by atoms with Crippen molar-refractivity contribution < 1.29 is 8.42 Å². The summed E-state index contributed by atoms with van der Waals surface area (Å²) in [5.41, 5.74) is 1.03. The van der Waals surface area contributed by atoms with Crippen molar-refractivity contribution in [3.05, 3.63) is 29.8 Å². The number of aryl methyl sites for hydroxylation is 1. The highest BCUT2D eigenvalue weighted by Crippen LogP contribution is 2.17. The second kappa shape index (κ2) is 10.2. The van der Waals surface area contributed by atoms with Crippen LogP contribution in [-0.2, 0) is 10.0 Å². The summed E-state index contributed by atoms with van der Waals surface area (Å²) in [6, 6.07) is 7.29. The highest BCUT2D eigenvalue weighted by atomic mass is 127. The van der Waals surface area contributed by atoms with Crippen LogP contribution < -0.4 is 15.4 Å². The topological polar surface area (TPSA) is 82.6 Å². The molecular formula is C16H27IN4O2S. The van der Waals surface area contributed by atoms with E-state index < -0.39 is 10.0 Å². The van der Waals surface area contributed by atoms with E-state index in [-0.39, 0.29) is 28.9 Å².